The summed E-state index contributed by atoms with van der Waals surface area (Å²) in [4.78, 5) is 16.6. The van der Waals surface area contributed by atoms with Gasteiger partial charge in [-0.15, -0.1) is 0 Å². The molecule has 1 aromatic carbocycles. The van der Waals surface area contributed by atoms with Gasteiger partial charge in [-0.3, -0.25) is 9.78 Å². The molecule has 1 aliphatic carbocycles. The number of methoxy groups -OCH3 is 1. The van der Waals surface area contributed by atoms with Crippen LogP contribution < -0.4 is 5.32 Å². The molecule has 3 rings (SSSR count). The predicted octanol–water partition coefficient (Wildman–Crippen LogP) is 4.39. The molecule has 24 heavy (non-hydrogen) atoms. The van der Waals surface area contributed by atoms with E-state index in [1.165, 1.54) is 45.6 Å². The maximum Gasteiger partial charge on any atom is 0.310 e. The number of benzene rings is 1. The van der Waals surface area contributed by atoms with Gasteiger partial charge >= 0.3 is 5.97 Å². The van der Waals surface area contributed by atoms with Crippen LogP contribution in [0.1, 0.15) is 49.8 Å². The van der Waals surface area contributed by atoms with E-state index in [9.17, 15) is 4.79 Å². The highest BCUT2D eigenvalue weighted by molar-refractivity contribution is 5.95. The molecule has 128 valence electrons. The number of nitrogens with zero attached hydrogens (tertiary/aromatic N) is 1. The van der Waals surface area contributed by atoms with Gasteiger partial charge in [0.15, 0.2) is 0 Å². The van der Waals surface area contributed by atoms with Gasteiger partial charge < -0.3 is 10.1 Å². The Hall–Kier alpha value is -2.10. The molecule has 0 amide bonds. The van der Waals surface area contributed by atoms with E-state index in [2.05, 4.69) is 16.4 Å². The Morgan fingerprint density at radius 2 is 1.92 bits per heavy atom. The number of hydrogen-bond donors (Lipinski definition) is 1. The van der Waals surface area contributed by atoms with Crippen molar-refractivity contribution in [1.82, 2.24) is 4.98 Å². The van der Waals surface area contributed by atoms with E-state index >= 15 is 0 Å². The first-order valence-corrected chi connectivity index (χ1v) is 8.90. The number of fused-ring (bicyclic) bond motifs is 1. The molecule has 0 bridgehead atoms. The molecule has 1 N–H and O–H groups in total. The van der Waals surface area contributed by atoms with Crippen LogP contribution in [0.15, 0.2) is 24.3 Å². The van der Waals surface area contributed by atoms with Crippen LogP contribution in [0.5, 0.6) is 0 Å². The van der Waals surface area contributed by atoms with Gasteiger partial charge in [0.25, 0.3) is 0 Å². The van der Waals surface area contributed by atoms with Crippen molar-refractivity contribution in [1.29, 1.82) is 0 Å². The number of anilines is 1. The fourth-order valence-corrected chi connectivity index (χ4v) is 3.60. The third-order valence-electron chi connectivity index (χ3n) is 4.95. The highest BCUT2D eigenvalue weighted by Gasteiger charge is 2.19. The van der Waals surface area contributed by atoms with Crippen molar-refractivity contribution in [2.45, 2.75) is 57.9 Å². The largest absolute Gasteiger partial charge is 0.469 e. The Labute approximate surface area is 143 Å². The fourth-order valence-electron chi connectivity index (χ4n) is 3.60. The van der Waals surface area contributed by atoms with Crippen molar-refractivity contribution in [3.63, 3.8) is 0 Å². The van der Waals surface area contributed by atoms with E-state index in [1.807, 2.05) is 25.1 Å². The summed E-state index contributed by atoms with van der Waals surface area (Å²) in [5.41, 5.74) is 3.90. The molecule has 0 unspecified atom stereocenters. The lowest BCUT2D eigenvalue weighted by Gasteiger charge is -2.22. The Bertz CT molecular complexity index is 719. The summed E-state index contributed by atoms with van der Waals surface area (Å²) in [5, 5.41) is 4.84. The zero-order chi connectivity index (χ0) is 16.9. The standard InChI is InChI=1S/C20H26N2O2/c1-14-17(13-19(23)24-2)20(16-11-7-8-12-18(16)21-14)22-15-9-5-3-4-6-10-15/h7-8,11-12,15H,3-6,9-10,13H2,1-2H3,(H,21,22). The smallest absolute Gasteiger partial charge is 0.310 e. The third-order valence-corrected chi connectivity index (χ3v) is 4.95. The second kappa shape index (κ2) is 7.65. The van der Waals surface area contributed by atoms with Crippen LogP contribution in [0.25, 0.3) is 10.9 Å². The number of pyridine rings is 1. The number of aryl methyl sites for hydroxylation is 1. The molecule has 0 aliphatic heterocycles. The summed E-state index contributed by atoms with van der Waals surface area (Å²) < 4.78 is 4.89. The van der Waals surface area contributed by atoms with E-state index in [0.29, 0.717) is 6.04 Å². The molecule has 1 aromatic heterocycles. The van der Waals surface area contributed by atoms with Crippen LogP contribution in [0.4, 0.5) is 5.69 Å². The molecule has 1 saturated carbocycles. The number of nitrogens with one attached hydrogen (secondary N) is 1. The number of rotatable bonds is 4. The SMILES string of the molecule is COC(=O)Cc1c(C)nc2ccccc2c1NC1CCCCCC1. The van der Waals surface area contributed by atoms with Crippen molar-refractivity contribution in [2.24, 2.45) is 0 Å². The van der Waals surface area contributed by atoms with Gasteiger partial charge in [0.05, 0.1) is 19.0 Å². The molecule has 4 nitrogen and oxygen atoms in total. The molecular weight excluding hydrogens is 300 g/mol. The lowest BCUT2D eigenvalue weighted by atomic mass is 10.0. The van der Waals surface area contributed by atoms with E-state index in [4.69, 9.17) is 4.74 Å². The molecule has 2 aromatic rings. The number of para-hydroxylation sites is 1. The van der Waals surface area contributed by atoms with Crippen molar-refractivity contribution in [3.8, 4) is 0 Å². The van der Waals surface area contributed by atoms with Crippen LogP contribution in [-0.2, 0) is 16.0 Å². The van der Waals surface area contributed by atoms with E-state index < -0.39 is 0 Å². The molecule has 0 radical (unpaired) electrons. The van der Waals surface area contributed by atoms with Crippen LogP contribution in [0.2, 0.25) is 0 Å². The van der Waals surface area contributed by atoms with Gasteiger partial charge in [-0.05, 0) is 25.8 Å². The van der Waals surface area contributed by atoms with Crippen LogP contribution in [0.3, 0.4) is 0 Å². The quantitative estimate of drug-likeness (QED) is 0.668. The summed E-state index contributed by atoms with van der Waals surface area (Å²) >= 11 is 0. The second-order valence-electron chi connectivity index (χ2n) is 6.65. The highest BCUT2D eigenvalue weighted by Crippen LogP contribution is 2.31. The summed E-state index contributed by atoms with van der Waals surface area (Å²) in [7, 11) is 1.44. The Balaban J connectivity index is 2.03. The second-order valence-corrected chi connectivity index (χ2v) is 6.65. The summed E-state index contributed by atoms with van der Waals surface area (Å²) in [5.74, 6) is -0.223. The average Bonchev–Trinajstić information content (AvgIpc) is 2.86. The molecule has 1 heterocycles. The normalized spacial score (nSPS) is 15.9. The molecule has 0 saturated heterocycles. The topological polar surface area (TPSA) is 51.2 Å². The van der Waals surface area contributed by atoms with Crippen LogP contribution >= 0.6 is 0 Å². The zero-order valence-corrected chi connectivity index (χ0v) is 14.6. The monoisotopic (exact) mass is 326 g/mol. The molecule has 1 aliphatic rings. The van der Waals surface area contributed by atoms with Crippen molar-refractivity contribution in [3.05, 3.63) is 35.5 Å². The first-order valence-electron chi connectivity index (χ1n) is 8.90. The van der Waals surface area contributed by atoms with Crippen LogP contribution in [0, 0.1) is 6.92 Å². The Morgan fingerprint density at radius 1 is 1.21 bits per heavy atom. The van der Waals surface area contributed by atoms with Gasteiger partial charge in [-0.2, -0.15) is 0 Å². The lowest BCUT2D eigenvalue weighted by molar-refractivity contribution is -0.139. The van der Waals surface area contributed by atoms with Crippen molar-refractivity contribution in [2.75, 3.05) is 12.4 Å². The number of esters is 1. The fraction of sp³-hybridized carbons (Fsp3) is 0.500. The number of aromatic nitrogens is 1. The van der Waals surface area contributed by atoms with E-state index in [1.54, 1.807) is 0 Å². The Morgan fingerprint density at radius 3 is 2.62 bits per heavy atom. The number of carbonyl (C=O) groups excluding carboxylic acids is 1. The summed E-state index contributed by atoms with van der Waals surface area (Å²) in [6.45, 7) is 1.98. The minimum absolute atomic E-state index is 0.223. The number of carbonyl (C=O) groups is 1. The van der Waals surface area contributed by atoms with E-state index in [0.717, 1.165) is 27.8 Å². The number of ether oxygens (including phenoxy) is 1. The molecule has 1 fully saturated rings. The van der Waals surface area contributed by atoms with Gasteiger partial charge in [-0.25, -0.2) is 0 Å². The van der Waals surface area contributed by atoms with Crippen LogP contribution in [-0.4, -0.2) is 24.1 Å². The molecule has 0 atom stereocenters. The minimum Gasteiger partial charge on any atom is -0.469 e. The maximum absolute atomic E-state index is 11.9. The average molecular weight is 326 g/mol. The first-order chi connectivity index (χ1) is 11.7. The van der Waals surface area contributed by atoms with Gasteiger partial charge in [-0.1, -0.05) is 43.9 Å². The predicted molar refractivity (Wildman–Crippen MR) is 97.3 cm³/mol. The minimum atomic E-state index is -0.223. The maximum atomic E-state index is 11.9. The summed E-state index contributed by atoms with van der Waals surface area (Å²) in [6, 6.07) is 8.61. The highest BCUT2D eigenvalue weighted by atomic mass is 16.5. The van der Waals surface area contributed by atoms with E-state index in [-0.39, 0.29) is 12.4 Å². The molecule has 4 heteroatoms. The summed E-state index contributed by atoms with van der Waals surface area (Å²) in [6.07, 6.45) is 7.82. The van der Waals surface area contributed by atoms with Gasteiger partial charge in [0, 0.05) is 28.4 Å². The first kappa shape index (κ1) is 16.7. The third kappa shape index (κ3) is 3.69. The Kier molecular flexibility index (Phi) is 5.34. The molecule has 0 spiro atoms. The number of hydrogen-bond acceptors (Lipinski definition) is 4. The van der Waals surface area contributed by atoms with Crippen molar-refractivity contribution < 1.29 is 9.53 Å². The van der Waals surface area contributed by atoms with Gasteiger partial charge in [0.2, 0.25) is 0 Å². The molecular formula is C20H26N2O2. The lowest BCUT2D eigenvalue weighted by Crippen LogP contribution is -2.21. The zero-order valence-electron chi connectivity index (χ0n) is 14.6. The van der Waals surface area contributed by atoms with Gasteiger partial charge in [0.1, 0.15) is 0 Å². The van der Waals surface area contributed by atoms with Crippen molar-refractivity contribution >= 4 is 22.6 Å².